The van der Waals surface area contributed by atoms with E-state index in [9.17, 15) is 13.2 Å². The first kappa shape index (κ1) is 18.6. The molecule has 0 spiro atoms. The lowest BCUT2D eigenvalue weighted by Crippen LogP contribution is -2.27. The Balaban J connectivity index is 1.77. The zero-order valence-corrected chi connectivity index (χ0v) is 15.6. The number of sulfonamides is 1. The molecule has 6 nitrogen and oxygen atoms in total. The van der Waals surface area contributed by atoms with Crippen molar-refractivity contribution in [2.24, 2.45) is 0 Å². The predicted octanol–water partition coefficient (Wildman–Crippen LogP) is 2.84. The molecule has 1 amide bonds. The van der Waals surface area contributed by atoms with Crippen LogP contribution < -0.4 is 9.62 Å². The molecule has 27 heavy (non-hydrogen) atoms. The highest BCUT2D eigenvalue weighted by molar-refractivity contribution is 7.92. The molecule has 0 unspecified atom stereocenters. The van der Waals surface area contributed by atoms with Gasteiger partial charge in [0.15, 0.2) is 0 Å². The number of nitrogens with one attached hydrogen (secondary N) is 1. The third-order valence-corrected chi connectivity index (χ3v) is 5.85. The maximum absolute atomic E-state index is 12.7. The van der Waals surface area contributed by atoms with Crippen molar-refractivity contribution >= 4 is 21.6 Å². The monoisotopic (exact) mass is 381 g/mol. The van der Waals surface area contributed by atoms with E-state index in [0.717, 1.165) is 9.87 Å². The van der Waals surface area contributed by atoms with Crippen LogP contribution in [0.5, 0.6) is 0 Å². The Labute approximate surface area is 158 Å². The minimum absolute atomic E-state index is 0.173. The average molecular weight is 381 g/mol. The maximum Gasteiger partial charge on any atom is 0.264 e. The Morgan fingerprint density at radius 1 is 1.00 bits per heavy atom. The van der Waals surface area contributed by atoms with Crippen LogP contribution in [0.25, 0.3) is 0 Å². The van der Waals surface area contributed by atoms with Crippen LogP contribution in [0.2, 0.25) is 0 Å². The van der Waals surface area contributed by atoms with Crippen molar-refractivity contribution in [3.8, 4) is 0 Å². The molecule has 3 rings (SSSR count). The first-order valence-corrected chi connectivity index (χ1v) is 9.73. The molecule has 1 N–H and O–H groups in total. The first-order chi connectivity index (χ1) is 13.0. The van der Waals surface area contributed by atoms with Gasteiger partial charge in [0, 0.05) is 19.8 Å². The van der Waals surface area contributed by atoms with E-state index in [0.29, 0.717) is 17.8 Å². The highest BCUT2D eigenvalue weighted by atomic mass is 32.2. The summed E-state index contributed by atoms with van der Waals surface area (Å²) in [4.78, 5) is 16.6. The summed E-state index contributed by atoms with van der Waals surface area (Å²) in [5.74, 6) is -0.321. The highest BCUT2D eigenvalue weighted by Gasteiger charge is 2.22. The number of nitrogens with zero attached hydrogens (tertiary/aromatic N) is 2. The van der Waals surface area contributed by atoms with Crippen molar-refractivity contribution in [3.05, 3.63) is 90.3 Å². The van der Waals surface area contributed by atoms with Crippen molar-refractivity contribution in [2.45, 2.75) is 11.4 Å². The van der Waals surface area contributed by atoms with Gasteiger partial charge in [-0.25, -0.2) is 8.42 Å². The fraction of sp³-hybridized carbons (Fsp3) is 0.100. The molecule has 0 radical (unpaired) electrons. The molecule has 3 aromatic rings. The Kier molecular flexibility index (Phi) is 5.52. The van der Waals surface area contributed by atoms with Crippen LogP contribution in [0.1, 0.15) is 15.9 Å². The van der Waals surface area contributed by atoms with Gasteiger partial charge in [0.1, 0.15) is 0 Å². The molecule has 0 fully saturated rings. The van der Waals surface area contributed by atoms with Gasteiger partial charge in [-0.15, -0.1) is 0 Å². The number of amides is 1. The SMILES string of the molecule is CN(c1cncc(C(=O)NCc2ccccc2)c1)S(=O)(=O)c1ccccc1. The van der Waals surface area contributed by atoms with E-state index in [4.69, 9.17) is 0 Å². The molecule has 138 valence electrons. The van der Waals surface area contributed by atoms with Gasteiger partial charge in [0.05, 0.1) is 22.3 Å². The first-order valence-electron chi connectivity index (χ1n) is 8.29. The summed E-state index contributed by atoms with van der Waals surface area (Å²) in [6, 6.07) is 19.1. The topological polar surface area (TPSA) is 79.4 Å². The number of rotatable bonds is 6. The third kappa shape index (κ3) is 4.32. The molecule has 7 heteroatoms. The van der Waals surface area contributed by atoms with E-state index in [1.807, 2.05) is 30.3 Å². The fourth-order valence-corrected chi connectivity index (χ4v) is 3.69. The van der Waals surface area contributed by atoms with E-state index in [-0.39, 0.29) is 10.8 Å². The van der Waals surface area contributed by atoms with Gasteiger partial charge in [-0.1, -0.05) is 48.5 Å². The van der Waals surface area contributed by atoms with Crippen LogP contribution in [0.15, 0.2) is 84.0 Å². The van der Waals surface area contributed by atoms with Crippen LogP contribution in [0.3, 0.4) is 0 Å². The van der Waals surface area contributed by atoms with E-state index in [1.165, 1.54) is 37.6 Å². The predicted molar refractivity (Wildman–Crippen MR) is 104 cm³/mol. The molecule has 0 aliphatic rings. The van der Waals surface area contributed by atoms with Crippen molar-refractivity contribution in [1.82, 2.24) is 10.3 Å². The Morgan fingerprint density at radius 2 is 1.63 bits per heavy atom. The van der Waals surface area contributed by atoms with Crippen molar-refractivity contribution in [3.63, 3.8) is 0 Å². The standard InChI is InChI=1S/C20H19N3O3S/c1-23(27(25,26)19-10-6-3-7-11-19)18-12-17(14-21-15-18)20(24)22-13-16-8-4-2-5-9-16/h2-12,14-15H,13H2,1H3,(H,22,24). The lowest BCUT2D eigenvalue weighted by atomic mass is 10.2. The summed E-state index contributed by atoms with van der Waals surface area (Å²) in [6.07, 6.45) is 2.82. The van der Waals surface area contributed by atoms with E-state index in [1.54, 1.807) is 18.2 Å². The molecule has 2 aromatic carbocycles. The van der Waals surface area contributed by atoms with E-state index in [2.05, 4.69) is 10.3 Å². The largest absolute Gasteiger partial charge is 0.348 e. The van der Waals surface area contributed by atoms with Gasteiger partial charge < -0.3 is 5.32 Å². The lowest BCUT2D eigenvalue weighted by Gasteiger charge is -2.19. The minimum Gasteiger partial charge on any atom is -0.348 e. The molecule has 0 bridgehead atoms. The fourth-order valence-electron chi connectivity index (χ4n) is 2.49. The minimum atomic E-state index is -3.73. The second-order valence-corrected chi connectivity index (χ2v) is 7.85. The molecule has 1 aromatic heterocycles. The van der Waals surface area contributed by atoms with Gasteiger partial charge in [-0.05, 0) is 23.8 Å². The molecule has 0 aliphatic heterocycles. The van der Waals surface area contributed by atoms with Crippen molar-refractivity contribution in [2.75, 3.05) is 11.4 Å². The summed E-state index contributed by atoms with van der Waals surface area (Å²) < 4.78 is 26.6. The number of benzene rings is 2. The second-order valence-electron chi connectivity index (χ2n) is 5.89. The third-order valence-electron chi connectivity index (χ3n) is 4.05. The number of anilines is 1. The van der Waals surface area contributed by atoms with Gasteiger partial charge in [0.25, 0.3) is 15.9 Å². The summed E-state index contributed by atoms with van der Waals surface area (Å²) in [6.45, 7) is 0.377. The van der Waals surface area contributed by atoms with Crippen LogP contribution >= 0.6 is 0 Å². The Morgan fingerprint density at radius 3 is 2.30 bits per heavy atom. The number of hydrogen-bond donors (Lipinski definition) is 1. The zero-order valence-electron chi connectivity index (χ0n) is 14.7. The van der Waals surface area contributed by atoms with Gasteiger partial charge in [0.2, 0.25) is 0 Å². The molecule has 0 saturated heterocycles. The second kappa shape index (κ2) is 8.01. The van der Waals surface area contributed by atoms with Crippen molar-refractivity contribution in [1.29, 1.82) is 0 Å². The molecule has 0 saturated carbocycles. The smallest absolute Gasteiger partial charge is 0.264 e. The van der Waals surface area contributed by atoms with Crippen LogP contribution in [-0.2, 0) is 16.6 Å². The molecular weight excluding hydrogens is 362 g/mol. The zero-order chi connectivity index (χ0) is 19.3. The normalized spacial score (nSPS) is 11.0. The Hall–Kier alpha value is -3.19. The van der Waals surface area contributed by atoms with Crippen LogP contribution in [-0.4, -0.2) is 26.4 Å². The van der Waals surface area contributed by atoms with E-state index >= 15 is 0 Å². The average Bonchev–Trinajstić information content (AvgIpc) is 2.73. The maximum atomic E-state index is 12.7. The molecule has 0 aliphatic carbocycles. The summed E-state index contributed by atoms with van der Waals surface area (Å²) in [5.41, 5.74) is 1.57. The van der Waals surface area contributed by atoms with E-state index < -0.39 is 10.0 Å². The lowest BCUT2D eigenvalue weighted by molar-refractivity contribution is 0.0950. The highest BCUT2D eigenvalue weighted by Crippen LogP contribution is 2.21. The van der Waals surface area contributed by atoms with Gasteiger partial charge in [-0.2, -0.15) is 0 Å². The number of carbonyl (C=O) groups excluding carboxylic acids is 1. The Bertz CT molecular complexity index is 1020. The van der Waals surface area contributed by atoms with Gasteiger partial charge >= 0.3 is 0 Å². The molecule has 0 atom stereocenters. The van der Waals surface area contributed by atoms with Crippen LogP contribution in [0, 0.1) is 0 Å². The molecular formula is C20H19N3O3S. The number of aromatic nitrogens is 1. The number of hydrogen-bond acceptors (Lipinski definition) is 4. The van der Waals surface area contributed by atoms with Crippen molar-refractivity contribution < 1.29 is 13.2 Å². The molecule has 1 heterocycles. The summed E-state index contributed by atoms with van der Waals surface area (Å²) in [5, 5.41) is 2.80. The number of carbonyl (C=O) groups is 1. The number of pyridine rings is 1. The summed E-state index contributed by atoms with van der Waals surface area (Å²) in [7, 11) is -2.29. The quantitative estimate of drug-likeness (QED) is 0.712. The van der Waals surface area contributed by atoms with Gasteiger partial charge in [-0.3, -0.25) is 14.1 Å². The van der Waals surface area contributed by atoms with Crippen LogP contribution in [0.4, 0.5) is 5.69 Å². The summed E-state index contributed by atoms with van der Waals surface area (Å²) >= 11 is 0.